The predicted molar refractivity (Wildman–Crippen MR) is 109 cm³/mol. The number of urea groups is 1. The molecule has 1 aliphatic heterocycles. The lowest BCUT2D eigenvalue weighted by Gasteiger charge is -2.35. The number of hydrogen-bond acceptors (Lipinski definition) is 3. The second kappa shape index (κ2) is 9.31. The number of amides is 2. The van der Waals surface area contributed by atoms with Gasteiger partial charge < -0.3 is 19.9 Å². The fourth-order valence-electron chi connectivity index (χ4n) is 3.46. The van der Waals surface area contributed by atoms with Gasteiger partial charge in [0.05, 0.1) is 6.61 Å². The van der Waals surface area contributed by atoms with Crippen LogP contribution in [0.3, 0.4) is 0 Å². The van der Waals surface area contributed by atoms with Gasteiger partial charge in [-0.25, -0.2) is 4.79 Å². The van der Waals surface area contributed by atoms with E-state index in [1.165, 1.54) is 5.69 Å². The van der Waals surface area contributed by atoms with Gasteiger partial charge in [-0.3, -0.25) is 0 Å². The number of para-hydroxylation sites is 1. The van der Waals surface area contributed by atoms with Crippen LogP contribution in [0.5, 0.6) is 5.75 Å². The van der Waals surface area contributed by atoms with Crippen LogP contribution in [0.15, 0.2) is 54.6 Å². The highest BCUT2D eigenvalue weighted by Gasteiger charge is 2.22. The second-order valence-electron chi connectivity index (χ2n) is 7.00. The smallest absolute Gasteiger partial charge is 0.317 e. The fraction of sp³-hybridized carbons (Fsp3) is 0.409. The number of hydrogen-bond donors (Lipinski definition) is 1. The number of anilines is 1. The fourth-order valence-corrected chi connectivity index (χ4v) is 3.46. The van der Waals surface area contributed by atoms with Gasteiger partial charge >= 0.3 is 6.03 Å². The number of ether oxygens (including phenoxy) is 1. The van der Waals surface area contributed by atoms with Crippen molar-refractivity contribution < 1.29 is 9.53 Å². The van der Waals surface area contributed by atoms with Crippen LogP contribution in [-0.4, -0.2) is 43.7 Å². The third-order valence-corrected chi connectivity index (χ3v) is 4.87. The van der Waals surface area contributed by atoms with Crippen molar-refractivity contribution in [3.8, 4) is 5.75 Å². The van der Waals surface area contributed by atoms with Crippen molar-refractivity contribution >= 4 is 11.7 Å². The van der Waals surface area contributed by atoms with Gasteiger partial charge in [0.15, 0.2) is 0 Å². The Morgan fingerprint density at radius 2 is 1.93 bits per heavy atom. The quantitative estimate of drug-likeness (QED) is 0.842. The molecule has 144 valence electrons. The Hall–Kier alpha value is -2.69. The van der Waals surface area contributed by atoms with Crippen molar-refractivity contribution in [3.63, 3.8) is 0 Å². The molecule has 0 aromatic heterocycles. The summed E-state index contributed by atoms with van der Waals surface area (Å²) in [5.41, 5.74) is 2.31. The lowest BCUT2D eigenvalue weighted by molar-refractivity contribution is 0.201. The molecule has 1 fully saturated rings. The van der Waals surface area contributed by atoms with Crippen molar-refractivity contribution in [1.82, 2.24) is 10.2 Å². The van der Waals surface area contributed by atoms with Crippen molar-refractivity contribution in [2.75, 3.05) is 31.6 Å². The largest absolute Gasteiger partial charge is 0.494 e. The van der Waals surface area contributed by atoms with Crippen LogP contribution >= 0.6 is 0 Å². The molecule has 3 rings (SSSR count). The topological polar surface area (TPSA) is 44.8 Å². The zero-order valence-corrected chi connectivity index (χ0v) is 16.2. The summed E-state index contributed by atoms with van der Waals surface area (Å²) in [6, 6.07) is 18.5. The molecule has 0 spiro atoms. The van der Waals surface area contributed by atoms with Crippen LogP contribution < -0.4 is 15.0 Å². The van der Waals surface area contributed by atoms with E-state index in [0.29, 0.717) is 13.2 Å². The predicted octanol–water partition coefficient (Wildman–Crippen LogP) is 3.90. The molecule has 5 nitrogen and oxygen atoms in total. The number of nitrogens with zero attached hydrogens (tertiary/aromatic N) is 2. The molecule has 2 amide bonds. The summed E-state index contributed by atoms with van der Waals surface area (Å²) in [6.45, 7) is 5.09. The minimum absolute atomic E-state index is 0.0243. The monoisotopic (exact) mass is 367 g/mol. The molecule has 1 heterocycles. The number of nitrogens with one attached hydrogen (secondary N) is 1. The van der Waals surface area contributed by atoms with E-state index in [4.69, 9.17) is 4.74 Å². The summed E-state index contributed by atoms with van der Waals surface area (Å²) in [7, 11) is 1.84. The minimum Gasteiger partial charge on any atom is -0.494 e. The molecule has 1 atom stereocenters. The Kier molecular flexibility index (Phi) is 6.58. The molecule has 1 unspecified atom stereocenters. The van der Waals surface area contributed by atoms with E-state index < -0.39 is 0 Å². The lowest BCUT2D eigenvalue weighted by atomic mass is 10.0. The zero-order chi connectivity index (χ0) is 19.1. The molecule has 1 N–H and O–H groups in total. The molecule has 2 aromatic carbocycles. The highest BCUT2D eigenvalue weighted by molar-refractivity contribution is 5.74. The highest BCUT2D eigenvalue weighted by Crippen LogP contribution is 2.19. The number of benzene rings is 2. The molecule has 0 aliphatic carbocycles. The van der Waals surface area contributed by atoms with Gasteiger partial charge in [-0.05, 0) is 49.6 Å². The molecular formula is C22H29N3O2. The van der Waals surface area contributed by atoms with Crippen molar-refractivity contribution in [2.24, 2.45) is 0 Å². The summed E-state index contributed by atoms with van der Waals surface area (Å²) in [5, 5.41) is 3.19. The highest BCUT2D eigenvalue weighted by atomic mass is 16.5. The Bertz CT molecular complexity index is 718. The van der Waals surface area contributed by atoms with Gasteiger partial charge in [0.2, 0.25) is 0 Å². The lowest BCUT2D eigenvalue weighted by Crippen LogP contribution is -2.50. The molecule has 0 radical (unpaired) electrons. The first kappa shape index (κ1) is 19.1. The number of carbonyl (C=O) groups excluding carboxylic acids is 1. The maximum atomic E-state index is 12.6. The standard InChI is InChI=1S/C22H29N3O2/c1-3-27-21-13-11-18(12-14-21)16-24(2)22(26)23-19-8-7-15-25(17-19)20-9-5-4-6-10-20/h4-6,9-14,19H,3,7-8,15-17H2,1-2H3,(H,23,26). The van der Waals surface area contributed by atoms with Crippen LogP contribution in [-0.2, 0) is 6.54 Å². The van der Waals surface area contributed by atoms with E-state index in [0.717, 1.165) is 37.2 Å². The molecule has 5 heteroatoms. The first-order chi connectivity index (χ1) is 13.2. The third-order valence-electron chi connectivity index (χ3n) is 4.87. The average molecular weight is 367 g/mol. The van der Waals surface area contributed by atoms with E-state index >= 15 is 0 Å². The maximum Gasteiger partial charge on any atom is 0.317 e. The van der Waals surface area contributed by atoms with E-state index in [2.05, 4.69) is 34.5 Å². The molecule has 0 bridgehead atoms. The van der Waals surface area contributed by atoms with Crippen molar-refractivity contribution in [3.05, 3.63) is 60.2 Å². The normalized spacial score (nSPS) is 16.7. The van der Waals surface area contributed by atoms with Crippen LogP contribution in [0.2, 0.25) is 0 Å². The van der Waals surface area contributed by atoms with Gasteiger partial charge in [0, 0.05) is 38.4 Å². The van der Waals surface area contributed by atoms with Gasteiger partial charge in [-0.2, -0.15) is 0 Å². The van der Waals surface area contributed by atoms with Gasteiger partial charge in [-0.1, -0.05) is 30.3 Å². The molecule has 0 saturated carbocycles. The maximum absolute atomic E-state index is 12.6. The Balaban J connectivity index is 1.51. The Morgan fingerprint density at radius 1 is 1.19 bits per heavy atom. The summed E-state index contributed by atoms with van der Waals surface area (Å²) in [4.78, 5) is 16.7. The third kappa shape index (κ3) is 5.39. The second-order valence-corrected chi connectivity index (χ2v) is 7.00. The molecule has 1 saturated heterocycles. The molecule has 1 aliphatic rings. The van der Waals surface area contributed by atoms with Gasteiger partial charge in [0.1, 0.15) is 5.75 Å². The van der Waals surface area contributed by atoms with Gasteiger partial charge in [0.25, 0.3) is 0 Å². The van der Waals surface area contributed by atoms with E-state index in [1.54, 1.807) is 4.90 Å². The number of carbonyl (C=O) groups is 1. The summed E-state index contributed by atoms with van der Waals surface area (Å²) < 4.78 is 5.46. The molecule has 2 aromatic rings. The van der Waals surface area contributed by atoms with Crippen molar-refractivity contribution in [2.45, 2.75) is 32.4 Å². The SMILES string of the molecule is CCOc1ccc(CN(C)C(=O)NC2CCCN(c3ccccc3)C2)cc1. The first-order valence-corrected chi connectivity index (χ1v) is 9.69. The van der Waals surface area contributed by atoms with Crippen LogP contribution in [0.25, 0.3) is 0 Å². The molecular weight excluding hydrogens is 338 g/mol. The number of rotatable bonds is 6. The van der Waals surface area contributed by atoms with E-state index in [-0.39, 0.29) is 12.1 Å². The zero-order valence-electron chi connectivity index (χ0n) is 16.2. The Labute approximate surface area is 161 Å². The summed E-state index contributed by atoms with van der Waals surface area (Å²) in [5.74, 6) is 0.858. The van der Waals surface area contributed by atoms with Crippen LogP contribution in [0.4, 0.5) is 10.5 Å². The first-order valence-electron chi connectivity index (χ1n) is 9.69. The summed E-state index contributed by atoms with van der Waals surface area (Å²) in [6.07, 6.45) is 2.11. The Morgan fingerprint density at radius 3 is 2.63 bits per heavy atom. The number of piperidine rings is 1. The summed E-state index contributed by atoms with van der Waals surface area (Å²) >= 11 is 0. The average Bonchev–Trinajstić information content (AvgIpc) is 2.70. The molecule has 27 heavy (non-hydrogen) atoms. The minimum atomic E-state index is -0.0243. The van der Waals surface area contributed by atoms with Crippen LogP contribution in [0.1, 0.15) is 25.3 Å². The van der Waals surface area contributed by atoms with E-state index in [9.17, 15) is 4.79 Å². The van der Waals surface area contributed by atoms with Crippen LogP contribution in [0, 0.1) is 0 Å². The van der Waals surface area contributed by atoms with Gasteiger partial charge in [-0.15, -0.1) is 0 Å². The van der Waals surface area contributed by atoms with E-state index in [1.807, 2.05) is 44.3 Å². The van der Waals surface area contributed by atoms with Crippen molar-refractivity contribution in [1.29, 1.82) is 0 Å².